The summed E-state index contributed by atoms with van der Waals surface area (Å²) in [5.74, 6) is 0. The summed E-state index contributed by atoms with van der Waals surface area (Å²) in [7, 11) is 0. The van der Waals surface area contributed by atoms with Gasteiger partial charge in [-0.25, -0.2) is 0 Å². The fraction of sp³-hybridized carbons (Fsp3) is 0.400. The van der Waals surface area contributed by atoms with Crippen LogP contribution >= 0.6 is 0 Å². The van der Waals surface area contributed by atoms with Crippen LogP contribution in [0.3, 0.4) is 0 Å². The first-order valence-corrected chi connectivity index (χ1v) is 8.30. The topological polar surface area (TPSA) is 12.0 Å². The van der Waals surface area contributed by atoms with E-state index in [0.717, 1.165) is 5.69 Å². The van der Waals surface area contributed by atoms with Crippen LogP contribution in [0.15, 0.2) is 54.6 Å². The molecule has 0 radical (unpaired) electrons. The normalized spacial score (nSPS) is 10.5. The van der Waals surface area contributed by atoms with Gasteiger partial charge in [0.05, 0.1) is 0 Å². The Morgan fingerprint density at radius 3 is 2.19 bits per heavy atom. The van der Waals surface area contributed by atoms with Gasteiger partial charge >= 0.3 is 0 Å². The maximum Gasteiger partial charge on any atom is 0.0416 e. The second kappa shape index (κ2) is 9.23. The molecule has 112 valence electrons. The van der Waals surface area contributed by atoms with Crippen molar-refractivity contribution in [2.24, 2.45) is 0 Å². The number of para-hydroxylation sites is 2. The van der Waals surface area contributed by atoms with Crippen molar-refractivity contribution in [3.05, 3.63) is 60.2 Å². The first-order valence-electron chi connectivity index (χ1n) is 8.30. The molecule has 21 heavy (non-hydrogen) atoms. The average molecular weight is 281 g/mol. The Kier molecular flexibility index (Phi) is 6.87. The highest BCUT2D eigenvalue weighted by Gasteiger charge is 2.02. The minimum Gasteiger partial charge on any atom is -0.355 e. The molecule has 0 aliphatic rings. The molecule has 0 saturated carbocycles. The summed E-state index contributed by atoms with van der Waals surface area (Å²) in [5.41, 5.74) is 3.84. The van der Waals surface area contributed by atoms with Crippen LogP contribution in [-0.4, -0.2) is 0 Å². The fourth-order valence-electron chi connectivity index (χ4n) is 2.63. The summed E-state index contributed by atoms with van der Waals surface area (Å²) in [6.45, 7) is 2.27. The fourth-order valence-corrected chi connectivity index (χ4v) is 2.63. The number of nitrogens with one attached hydrogen (secondary N) is 1. The van der Waals surface area contributed by atoms with Crippen molar-refractivity contribution < 1.29 is 0 Å². The van der Waals surface area contributed by atoms with E-state index in [4.69, 9.17) is 0 Å². The molecule has 0 bridgehead atoms. The molecule has 2 aromatic rings. The van der Waals surface area contributed by atoms with Crippen LogP contribution in [0.4, 0.5) is 11.4 Å². The molecule has 2 aromatic carbocycles. The molecule has 0 atom stereocenters. The summed E-state index contributed by atoms with van der Waals surface area (Å²) in [4.78, 5) is 0. The van der Waals surface area contributed by atoms with Crippen LogP contribution in [0.5, 0.6) is 0 Å². The minimum atomic E-state index is 1.16. The van der Waals surface area contributed by atoms with E-state index in [1.165, 1.54) is 56.2 Å². The van der Waals surface area contributed by atoms with Gasteiger partial charge in [0.25, 0.3) is 0 Å². The van der Waals surface area contributed by atoms with Gasteiger partial charge in [-0.2, -0.15) is 0 Å². The summed E-state index contributed by atoms with van der Waals surface area (Å²) < 4.78 is 0. The van der Waals surface area contributed by atoms with E-state index in [2.05, 4.69) is 60.8 Å². The Morgan fingerprint density at radius 2 is 1.38 bits per heavy atom. The maximum atomic E-state index is 3.53. The number of anilines is 2. The van der Waals surface area contributed by atoms with Gasteiger partial charge in [-0.3, -0.25) is 0 Å². The zero-order chi connectivity index (χ0) is 14.8. The SMILES string of the molecule is CCCCCCCCc1ccccc1Nc1ccccc1. The number of aryl methyl sites for hydroxylation is 1. The van der Waals surface area contributed by atoms with Crippen molar-refractivity contribution in [3.8, 4) is 0 Å². The highest BCUT2D eigenvalue weighted by Crippen LogP contribution is 2.22. The highest BCUT2D eigenvalue weighted by molar-refractivity contribution is 5.62. The summed E-state index contributed by atoms with van der Waals surface area (Å²) in [6.07, 6.45) is 9.28. The molecule has 0 heterocycles. The molecule has 0 saturated heterocycles. The first kappa shape index (κ1) is 15.6. The summed E-state index contributed by atoms with van der Waals surface area (Å²) >= 11 is 0. The predicted octanol–water partition coefficient (Wildman–Crippen LogP) is 6.33. The Bertz CT molecular complexity index is 504. The lowest BCUT2D eigenvalue weighted by Crippen LogP contribution is -1.96. The third-order valence-electron chi connectivity index (χ3n) is 3.87. The maximum absolute atomic E-state index is 3.53. The van der Waals surface area contributed by atoms with Gasteiger partial charge in [-0.1, -0.05) is 75.4 Å². The molecule has 1 heteroatoms. The van der Waals surface area contributed by atoms with Gasteiger partial charge < -0.3 is 5.32 Å². The number of hydrogen-bond donors (Lipinski definition) is 1. The number of hydrogen-bond acceptors (Lipinski definition) is 1. The molecule has 0 amide bonds. The zero-order valence-electron chi connectivity index (χ0n) is 13.1. The molecule has 1 nitrogen and oxygen atoms in total. The Balaban J connectivity index is 1.85. The monoisotopic (exact) mass is 281 g/mol. The number of rotatable bonds is 9. The van der Waals surface area contributed by atoms with Crippen LogP contribution in [0.25, 0.3) is 0 Å². The molecule has 0 aliphatic carbocycles. The van der Waals surface area contributed by atoms with Gasteiger partial charge in [-0.05, 0) is 36.6 Å². The third kappa shape index (κ3) is 5.63. The molecule has 0 unspecified atom stereocenters. The lowest BCUT2D eigenvalue weighted by atomic mass is 10.0. The smallest absolute Gasteiger partial charge is 0.0416 e. The van der Waals surface area contributed by atoms with Crippen molar-refractivity contribution in [1.82, 2.24) is 0 Å². The molecule has 2 rings (SSSR count). The lowest BCUT2D eigenvalue weighted by Gasteiger charge is -2.12. The summed E-state index contributed by atoms with van der Waals surface area (Å²) in [6, 6.07) is 19.1. The Hall–Kier alpha value is -1.76. The van der Waals surface area contributed by atoms with Gasteiger partial charge in [-0.15, -0.1) is 0 Å². The highest BCUT2D eigenvalue weighted by atomic mass is 14.9. The number of unbranched alkanes of at least 4 members (excludes halogenated alkanes) is 5. The largest absolute Gasteiger partial charge is 0.355 e. The van der Waals surface area contributed by atoms with Crippen LogP contribution < -0.4 is 5.32 Å². The van der Waals surface area contributed by atoms with E-state index >= 15 is 0 Å². The predicted molar refractivity (Wildman–Crippen MR) is 93.2 cm³/mol. The lowest BCUT2D eigenvalue weighted by molar-refractivity contribution is 0.608. The molecular formula is C20H27N. The van der Waals surface area contributed by atoms with Gasteiger partial charge in [0.1, 0.15) is 0 Å². The van der Waals surface area contributed by atoms with E-state index in [1.807, 2.05) is 6.07 Å². The van der Waals surface area contributed by atoms with Crippen LogP contribution in [0.1, 0.15) is 51.0 Å². The molecule has 0 fully saturated rings. The minimum absolute atomic E-state index is 1.16. The van der Waals surface area contributed by atoms with E-state index in [9.17, 15) is 0 Å². The van der Waals surface area contributed by atoms with Gasteiger partial charge in [0.2, 0.25) is 0 Å². The van der Waals surface area contributed by atoms with E-state index < -0.39 is 0 Å². The summed E-state index contributed by atoms with van der Waals surface area (Å²) in [5, 5.41) is 3.53. The van der Waals surface area contributed by atoms with Crippen LogP contribution in [0.2, 0.25) is 0 Å². The molecule has 0 aromatic heterocycles. The van der Waals surface area contributed by atoms with Crippen LogP contribution in [0, 0.1) is 0 Å². The first-order chi connectivity index (χ1) is 10.4. The zero-order valence-corrected chi connectivity index (χ0v) is 13.1. The molecule has 0 spiro atoms. The Morgan fingerprint density at radius 1 is 0.714 bits per heavy atom. The Labute approximate surface area is 129 Å². The average Bonchev–Trinajstić information content (AvgIpc) is 2.53. The van der Waals surface area contributed by atoms with Crippen molar-refractivity contribution >= 4 is 11.4 Å². The van der Waals surface area contributed by atoms with E-state index in [-0.39, 0.29) is 0 Å². The van der Waals surface area contributed by atoms with Crippen LogP contribution in [-0.2, 0) is 6.42 Å². The molecule has 0 aliphatic heterocycles. The number of benzene rings is 2. The van der Waals surface area contributed by atoms with Crippen molar-refractivity contribution in [2.45, 2.75) is 51.9 Å². The van der Waals surface area contributed by atoms with Gasteiger partial charge in [0.15, 0.2) is 0 Å². The van der Waals surface area contributed by atoms with E-state index in [1.54, 1.807) is 0 Å². The van der Waals surface area contributed by atoms with Crippen molar-refractivity contribution in [1.29, 1.82) is 0 Å². The second-order valence-electron chi connectivity index (χ2n) is 5.67. The molecular weight excluding hydrogens is 254 g/mol. The van der Waals surface area contributed by atoms with Gasteiger partial charge in [0, 0.05) is 11.4 Å². The quantitative estimate of drug-likeness (QED) is 0.529. The van der Waals surface area contributed by atoms with Crippen molar-refractivity contribution in [2.75, 3.05) is 5.32 Å². The second-order valence-corrected chi connectivity index (χ2v) is 5.67. The van der Waals surface area contributed by atoms with Crippen molar-refractivity contribution in [3.63, 3.8) is 0 Å². The van der Waals surface area contributed by atoms with E-state index in [0.29, 0.717) is 0 Å². The third-order valence-corrected chi connectivity index (χ3v) is 3.87. The molecule has 1 N–H and O–H groups in total. The standard InChI is InChI=1S/C20H27N/c1-2-3-4-5-6-8-13-18-14-11-12-17-20(18)21-19-15-9-7-10-16-19/h7,9-12,14-17,21H,2-6,8,13H2,1H3.